The number of carbonyl (C=O) groups is 1. The Hall–Kier alpha value is -2.47. The lowest BCUT2D eigenvalue weighted by molar-refractivity contribution is -0.115. The molecule has 0 saturated carbocycles. The van der Waals surface area contributed by atoms with Gasteiger partial charge in [0.15, 0.2) is 5.78 Å². The maximum atomic E-state index is 12.1. The Kier molecular flexibility index (Phi) is 6.32. The summed E-state index contributed by atoms with van der Waals surface area (Å²) in [6, 6.07) is 12.3. The van der Waals surface area contributed by atoms with Crippen molar-refractivity contribution in [3.8, 4) is 6.07 Å². The molecule has 2 rings (SSSR count). The minimum Gasteiger partial charge on any atom is -0.293 e. The van der Waals surface area contributed by atoms with E-state index in [0.717, 1.165) is 25.7 Å². The van der Waals surface area contributed by atoms with E-state index < -0.39 is 0 Å². The van der Waals surface area contributed by atoms with Crippen LogP contribution in [0.4, 0.5) is 0 Å². The van der Waals surface area contributed by atoms with Crippen LogP contribution in [-0.2, 0) is 11.2 Å². The molecule has 0 spiro atoms. The number of Topliss-reactive ketones (excluding diaryl/α,β-unsaturated/α-hetero) is 1. The Morgan fingerprint density at radius 2 is 2.14 bits per heavy atom. The summed E-state index contributed by atoms with van der Waals surface area (Å²) in [5, 5.41) is 9.16. The fourth-order valence-electron chi connectivity index (χ4n) is 2.41. The second-order valence-corrected chi connectivity index (χ2v) is 5.39. The maximum Gasteiger partial charge on any atom is 0.173 e. The van der Waals surface area contributed by atoms with Gasteiger partial charge in [0.1, 0.15) is 6.07 Å². The van der Waals surface area contributed by atoms with E-state index in [2.05, 4.69) is 17.1 Å². The number of benzene rings is 1. The number of rotatable bonds is 7. The van der Waals surface area contributed by atoms with Gasteiger partial charge in [0.25, 0.3) is 0 Å². The van der Waals surface area contributed by atoms with Crippen molar-refractivity contribution >= 4 is 12.0 Å². The molecule has 0 fully saturated rings. The van der Waals surface area contributed by atoms with Gasteiger partial charge in [-0.05, 0) is 31.2 Å². The third kappa shape index (κ3) is 5.14. The topological polar surface area (TPSA) is 53.2 Å². The summed E-state index contributed by atoms with van der Waals surface area (Å²) in [6.07, 6.45) is 11.2. The summed E-state index contributed by atoms with van der Waals surface area (Å²) >= 11 is 0. The van der Waals surface area contributed by atoms with Crippen LogP contribution < -0.4 is 0 Å². The van der Waals surface area contributed by atoms with Crippen LogP contribution in [0.5, 0.6) is 0 Å². The van der Waals surface area contributed by atoms with Crippen LogP contribution in [0.25, 0.3) is 0 Å². The van der Waals surface area contributed by atoms with Crippen molar-refractivity contribution in [1.82, 2.24) is 0 Å². The number of hydrogen-bond donors (Lipinski definition) is 0. The first kappa shape index (κ1) is 15.9. The molecule has 0 bridgehead atoms. The van der Waals surface area contributed by atoms with E-state index in [9.17, 15) is 4.79 Å². The molecule has 1 atom stereocenters. The maximum absolute atomic E-state index is 12.1. The first-order chi connectivity index (χ1) is 10.8. The molecule has 3 nitrogen and oxygen atoms in total. The number of hydrogen-bond acceptors (Lipinski definition) is 3. The summed E-state index contributed by atoms with van der Waals surface area (Å²) < 4.78 is 0. The van der Waals surface area contributed by atoms with E-state index in [0.29, 0.717) is 6.42 Å². The standard InChI is InChI=1S/C19H20N2O/c20-14-18(13-17-10-6-12-21-15-17)19(22)11-5-4-9-16-7-2-1-3-8-16/h1-3,6-8,12-13,15,17H,4-5,9-11H2/b18-13+. The first-order valence-electron chi connectivity index (χ1n) is 7.67. The van der Waals surface area contributed by atoms with Gasteiger partial charge in [-0.15, -0.1) is 0 Å². The number of ketones is 1. The lowest BCUT2D eigenvalue weighted by Gasteiger charge is -2.07. The van der Waals surface area contributed by atoms with E-state index in [1.54, 1.807) is 18.5 Å². The monoisotopic (exact) mass is 292 g/mol. The fourth-order valence-corrected chi connectivity index (χ4v) is 2.41. The zero-order valence-corrected chi connectivity index (χ0v) is 12.6. The molecule has 112 valence electrons. The first-order valence-corrected chi connectivity index (χ1v) is 7.67. The molecule has 1 heterocycles. The van der Waals surface area contributed by atoms with Crippen LogP contribution in [0, 0.1) is 17.2 Å². The Bertz CT molecular complexity index is 621. The highest BCUT2D eigenvalue weighted by molar-refractivity contribution is 5.99. The normalized spacial score (nSPS) is 17.2. The lowest BCUT2D eigenvalue weighted by Crippen LogP contribution is -2.06. The quantitative estimate of drug-likeness (QED) is 0.433. The predicted molar refractivity (Wildman–Crippen MR) is 88.4 cm³/mol. The number of carbonyl (C=O) groups excluding carboxylic acids is 1. The third-order valence-electron chi connectivity index (χ3n) is 3.64. The molecule has 1 unspecified atom stereocenters. The van der Waals surface area contributed by atoms with E-state index in [4.69, 9.17) is 5.26 Å². The average Bonchev–Trinajstić information content (AvgIpc) is 2.58. The number of allylic oxidation sites excluding steroid dienone is 3. The van der Waals surface area contributed by atoms with Crippen molar-refractivity contribution < 1.29 is 4.79 Å². The van der Waals surface area contributed by atoms with E-state index >= 15 is 0 Å². The molecule has 1 aromatic rings. The summed E-state index contributed by atoms with van der Waals surface area (Å²) in [7, 11) is 0. The number of aliphatic imine (C=N–C) groups is 1. The van der Waals surface area contributed by atoms with Crippen LogP contribution in [-0.4, -0.2) is 12.0 Å². The van der Waals surface area contributed by atoms with Gasteiger partial charge in [0.2, 0.25) is 0 Å². The van der Waals surface area contributed by atoms with Gasteiger partial charge >= 0.3 is 0 Å². The van der Waals surface area contributed by atoms with Crippen LogP contribution in [0.3, 0.4) is 0 Å². The second kappa shape index (κ2) is 8.74. The van der Waals surface area contributed by atoms with Crippen LogP contribution >= 0.6 is 0 Å². The summed E-state index contributed by atoms with van der Waals surface area (Å²) in [5.74, 6) is 0.00596. The predicted octanol–water partition coefficient (Wildman–Crippen LogP) is 4.02. The molecule has 0 aliphatic carbocycles. The van der Waals surface area contributed by atoms with Gasteiger partial charge in [-0.25, -0.2) is 0 Å². The average molecular weight is 292 g/mol. The minimum absolute atomic E-state index is 0.0569. The molecule has 0 amide bonds. The van der Waals surface area contributed by atoms with Crippen molar-refractivity contribution in [3.05, 3.63) is 59.8 Å². The molecule has 1 aromatic carbocycles. The number of unbranched alkanes of at least 4 members (excludes halogenated alkanes) is 1. The van der Waals surface area contributed by atoms with Crippen LogP contribution in [0.15, 0.2) is 59.2 Å². The fraction of sp³-hybridized carbons (Fsp3) is 0.316. The van der Waals surface area contributed by atoms with Crippen molar-refractivity contribution in [2.75, 3.05) is 0 Å². The van der Waals surface area contributed by atoms with Crippen molar-refractivity contribution in [3.63, 3.8) is 0 Å². The highest BCUT2D eigenvalue weighted by atomic mass is 16.1. The molecular weight excluding hydrogens is 272 g/mol. The van der Waals surface area contributed by atoms with E-state index in [-0.39, 0.29) is 17.3 Å². The number of aryl methyl sites for hydroxylation is 1. The van der Waals surface area contributed by atoms with Gasteiger partial charge in [-0.1, -0.05) is 42.5 Å². The smallest absolute Gasteiger partial charge is 0.173 e. The number of nitriles is 1. The Labute approximate surface area is 131 Å². The lowest BCUT2D eigenvalue weighted by atomic mass is 9.97. The molecule has 3 heteroatoms. The summed E-state index contributed by atoms with van der Waals surface area (Å²) in [6.45, 7) is 0. The second-order valence-electron chi connectivity index (χ2n) is 5.39. The van der Waals surface area contributed by atoms with Crippen LogP contribution in [0.1, 0.15) is 31.2 Å². The zero-order chi connectivity index (χ0) is 15.6. The van der Waals surface area contributed by atoms with Gasteiger partial charge in [-0.2, -0.15) is 5.26 Å². The van der Waals surface area contributed by atoms with Gasteiger partial charge in [0, 0.05) is 24.8 Å². The molecule has 0 N–H and O–H groups in total. The highest BCUT2D eigenvalue weighted by Gasteiger charge is 2.12. The van der Waals surface area contributed by atoms with Gasteiger partial charge < -0.3 is 0 Å². The largest absolute Gasteiger partial charge is 0.293 e. The van der Waals surface area contributed by atoms with Gasteiger partial charge in [-0.3, -0.25) is 9.79 Å². The molecular formula is C19H20N2O. The molecule has 0 aromatic heterocycles. The van der Waals surface area contributed by atoms with E-state index in [1.807, 2.05) is 30.3 Å². The Balaban J connectivity index is 1.78. The zero-order valence-electron chi connectivity index (χ0n) is 12.6. The molecule has 0 radical (unpaired) electrons. The molecule has 22 heavy (non-hydrogen) atoms. The Morgan fingerprint density at radius 1 is 1.32 bits per heavy atom. The number of nitrogens with zero attached hydrogens (tertiary/aromatic N) is 2. The summed E-state index contributed by atoms with van der Waals surface area (Å²) in [5.41, 5.74) is 1.56. The van der Waals surface area contributed by atoms with Crippen LogP contribution in [0.2, 0.25) is 0 Å². The van der Waals surface area contributed by atoms with Gasteiger partial charge in [0.05, 0.1) is 5.57 Å². The third-order valence-corrected chi connectivity index (χ3v) is 3.64. The molecule has 1 aliphatic heterocycles. The SMILES string of the molecule is N#C/C(=C\C1C=NC=CC1)C(=O)CCCCc1ccccc1. The highest BCUT2D eigenvalue weighted by Crippen LogP contribution is 2.14. The van der Waals surface area contributed by atoms with E-state index in [1.165, 1.54) is 5.56 Å². The van der Waals surface area contributed by atoms with Crippen molar-refractivity contribution in [2.24, 2.45) is 10.9 Å². The van der Waals surface area contributed by atoms with Crippen molar-refractivity contribution in [1.29, 1.82) is 5.26 Å². The minimum atomic E-state index is -0.0569. The Morgan fingerprint density at radius 3 is 2.82 bits per heavy atom. The van der Waals surface area contributed by atoms with Crippen molar-refractivity contribution in [2.45, 2.75) is 32.1 Å². The molecule has 0 saturated heterocycles. The summed E-state index contributed by atoms with van der Waals surface area (Å²) in [4.78, 5) is 16.1. The molecule has 1 aliphatic rings.